The molecule has 0 heterocycles. The molecule has 0 radical (unpaired) electrons. The van der Waals surface area contributed by atoms with Crippen LogP contribution in [0.4, 0.5) is 0 Å². The summed E-state index contributed by atoms with van der Waals surface area (Å²) in [5.41, 5.74) is 0.0167. The number of hydrogen-bond donors (Lipinski definition) is 0. The Morgan fingerprint density at radius 2 is 1.67 bits per heavy atom. The van der Waals surface area contributed by atoms with Crippen molar-refractivity contribution >= 4 is 5.97 Å². The van der Waals surface area contributed by atoms with Crippen molar-refractivity contribution in [3.8, 4) is 0 Å². The van der Waals surface area contributed by atoms with E-state index in [0.29, 0.717) is 12.1 Å². The van der Waals surface area contributed by atoms with Gasteiger partial charge in [-0.3, -0.25) is 9.69 Å². The van der Waals surface area contributed by atoms with Gasteiger partial charge in [0, 0.05) is 17.6 Å². The van der Waals surface area contributed by atoms with Crippen LogP contribution >= 0.6 is 0 Å². The third kappa shape index (κ3) is 2.29. The molecular weight excluding hydrogens is 226 g/mol. The quantitative estimate of drug-likeness (QED) is 0.723. The molecular formula is C15H29NO2. The first kappa shape index (κ1) is 15.5. The van der Waals surface area contributed by atoms with Crippen molar-refractivity contribution in [2.75, 3.05) is 7.11 Å². The molecule has 1 aliphatic rings. The average Bonchev–Trinajstić information content (AvgIpc) is 2.91. The highest BCUT2D eigenvalue weighted by molar-refractivity contribution is 5.78. The molecule has 1 aliphatic carbocycles. The minimum absolute atomic E-state index is 0.0206. The van der Waals surface area contributed by atoms with Gasteiger partial charge in [0.2, 0.25) is 0 Å². The summed E-state index contributed by atoms with van der Waals surface area (Å²) in [6, 6.07) is 0.859. The van der Waals surface area contributed by atoms with E-state index >= 15 is 0 Å². The minimum atomic E-state index is -0.0591. The van der Waals surface area contributed by atoms with Gasteiger partial charge in [-0.2, -0.15) is 0 Å². The lowest BCUT2D eigenvalue weighted by Gasteiger charge is -2.46. The molecule has 0 amide bonds. The summed E-state index contributed by atoms with van der Waals surface area (Å²) in [5, 5.41) is 0. The van der Waals surface area contributed by atoms with Crippen LogP contribution < -0.4 is 0 Å². The normalized spacial score (nSPS) is 28.1. The van der Waals surface area contributed by atoms with Gasteiger partial charge >= 0.3 is 5.97 Å². The van der Waals surface area contributed by atoms with Crippen molar-refractivity contribution in [2.24, 2.45) is 11.3 Å². The Balaban J connectivity index is 3.13. The lowest BCUT2D eigenvalue weighted by molar-refractivity contribution is -0.145. The third-order valence-electron chi connectivity index (χ3n) is 4.29. The summed E-state index contributed by atoms with van der Waals surface area (Å²) in [5.74, 6) is -0.0384. The Morgan fingerprint density at radius 1 is 1.22 bits per heavy atom. The molecule has 106 valence electrons. The van der Waals surface area contributed by atoms with Crippen LogP contribution in [-0.4, -0.2) is 35.6 Å². The molecule has 0 aromatic carbocycles. The van der Waals surface area contributed by atoms with E-state index in [1.165, 1.54) is 7.11 Å². The molecule has 2 unspecified atom stereocenters. The Morgan fingerprint density at radius 3 is 1.94 bits per heavy atom. The van der Waals surface area contributed by atoms with Gasteiger partial charge in [-0.1, -0.05) is 20.8 Å². The Kier molecular flexibility index (Phi) is 4.16. The maximum absolute atomic E-state index is 11.9. The van der Waals surface area contributed by atoms with Crippen LogP contribution in [0.5, 0.6) is 0 Å². The van der Waals surface area contributed by atoms with Gasteiger partial charge in [0.25, 0.3) is 0 Å². The maximum Gasteiger partial charge on any atom is 0.310 e. The van der Waals surface area contributed by atoms with Gasteiger partial charge in [-0.15, -0.1) is 0 Å². The highest BCUT2D eigenvalue weighted by atomic mass is 16.5. The molecule has 3 heteroatoms. The summed E-state index contributed by atoms with van der Waals surface area (Å²) in [6.07, 6.45) is 0.916. The number of rotatable bonds is 4. The second-order valence-corrected chi connectivity index (χ2v) is 7.05. The van der Waals surface area contributed by atoms with Gasteiger partial charge in [-0.05, 0) is 39.5 Å². The lowest BCUT2D eigenvalue weighted by Crippen LogP contribution is -2.55. The highest BCUT2D eigenvalue weighted by Gasteiger charge is 2.68. The largest absolute Gasteiger partial charge is 0.469 e. The van der Waals surface area contributed by atoms with Gasteiger partial charge in [0.1, 0.15) is 0 Å². The monoisotopic (exact) mass is 255 g/mol. The lowest BCUT2D eigenvalue weighted by atomic mass is 9.79. The van der Waals surface area contributed by atoms with Crippen LogP contribution in [-0.2, 0) is 9.53 Å². The smallest absolute Gasteiger partial charge is 0.310 e. The standard InChI is InChI=1S/C15H29NO2/c1-10(2)16(11(3)4)15(14(5,6)7)9-12(15)13(17)18-8/h10-12H,9H2,1-8H3. The zero-order valence-electron chi connectivity index (χ0n) is 13.2. The fourth-order valence-corrected chi connectivity index (χ4v) is 3.69. The molecule has 0 aliphatic heterocycles. The molecule has 1 saturated carbocycles. The average molecular weight is 255 g/mol. The SMILES string of the molecule is COC(=O)C1CC1(N(C(C)C)C(C)C)C(C)(C)C. The Hall–Kier alpha value is -0.570. The second kappa shape index (κ2) is 4.84. The number of nitrogens with zero attached hydrogens (tertiary/aromatic N) is 1. The number of hydrogen-bond acceptors (Lipinski definition) is 3. The number of carbonyl (C=O) groups is 1. The van der Waals surface area contributed by atoms with E-state index in [9.17, 15) is 4.79 Å². The van der Waals surface area contributed by atoms with E-state index in [4.69, 9.17) is 4.74 Å². The van der Waals surface area contributed by atoms with Gasteiger partial charge in [0.15, 0.2) is 0 Å². The minimum Gasteiger partial charge on any atom is -0.469 e. The topological polar surface area (TPSA) is 29.5 Å². The number of carbonyl (C=O) groups excluding carboxylic acids is 1. The van der Waals surface area contributed by atoms with Crippen molar-refractivity contribution < 1.29 is 9.53 Å². The predicted octanol–water partition coefficient (Wildman–Crippen LogP) is 3.08. The van der Waals surface area contributed by atoms with Crippen molar-refractivity contribution in [3.05, 3.63) is 0 Å². The maximum atomic E-state index is 11.9. The molecule has 2 atom stereocenters. The molecule has 1 fully saturated rings. The third-order valence-corrected chi connectivity index (χ3v) is 4.29. The van der Waals surface area contributed by atoms with E-state index in [1.54, 1.807) is 0 Å². The van der Waals surface area contributed by atoms with Gasteiger partial charge in [0.05, 0.1) is 13.0 Å². The molecule has 0 aromatic heterocycles. The predicted molar refractivity (Wildman–Crippen MR) is 74.4 cm³/mol. The number of esters is 1. The highest BCUT2D eigenvalue weighted by Crippen LogP contribution is 2.60. The first-order valence-electron chi connectivity index (χ1n) is 6.96. The number of methoxy groups -OCH3 is 1. The molecule has 3 nitrogen and oxygen atoms in total. The Bertz CT molecular complexity index is 309. The van der Waals surface area contributed by atoms with E-state index in [0.717, 1.165) is 6.42 Å². The fraction of sp³-hybridized carbons (Fsp3) is 0.933. The molecule has 0 bridgehead atoms. The van der Waals surface area contributed by atoms with Crippen LogP contribution in [0.15, 0.2) is 0 Å². The van der Waals surface area contributed by atoms with E-state index in [2.05, 4.69) is 53.4 Å². The summed E-state index contributed by atoms with van der Waals surface area (Å²) in [4.78, 5) is 14.4. The molecule has 1 rings (SSSR count). The van der Waals surface area contributed by atoms with Gasteiger partial charge in [-0.25, -0.2) is 0 Å². The van der Waals surface area contributed by atoms with Crippen LogP contribution in [0.25, 0.3) is 0 Å². The molecule has 0 N–H and O–H groups in total. The zero-order valence-corrected chi connectivity index (χ0v) is 13.2. The molecule has 0 spiro atoms. The molecule has 18 heavy (non-hydrogen) atoms. The fourth-order valence-electron chi connectivity index (χ4n) is 3.69. The van der Waals surface area contributed by atoms with Crippen molar-refractivity contribution in [2.45, 2.75) is 72.5 Å². The van der Waals surface area contributed by atoms with E-state index in [1.807, 2.05) is 0 Å². The summed E-state index contributed by atoms with van der Waals surface area (Å²) in [7, 11) is 1.49. The first-order valence-corrected chi connectivity index (χ1v) is 6.96. The van der Waals surface area contributed by atoms with Gasteiger partial charge < -0.3 is 4.74 Å². The van der Waals surface area contributed by atoms with Crippen LogP contribution in [0, 0.1) is 11.3 Å². The summed E-state index contributed by atoms with van der Waals surface area (Å²) in [6.45, 7) is 15.5. The Labute approximate surface area is 112 Å². The van der Waals surface area contributed by atoms with Crippen LogP contribution in [0.2, 0.25) is 0 Å². The molecule has 0 saturated heterocycles. The van der Waals surface area contributed by atoms with Crippen LogP contribution in [0.1, 0.15) is 54.9 Å². The van der Waals surface area contributed by atoms with Crippen molar-refractivity contribution in [1.82, 2.24) is 4.90 Å². The van der Waals surface area contributed by atoms with E-state index < -0.39 is 0 Å². The second-order valence-electron chi connectivity index (χ2n) is 7.05. The van der Waals surface area contributed by atoms with Crippen molar-refractivity contribution in [1.29, 1.82) is 0 Å². The summed E-state index contributed by atoms with van der Waals surface area (Å²) >= 11 is 0. The van der Waals surface area contributed by atoms with Crippen LogP contribution in [0.3, 0.4) is 0 Å². The summed E-state index contributed by atoms with van der Waals surface area (Å²) < 4.78 is 4.97. The van der Waals surface area contributed by atoms with E-state index in [-0.39, 0.29) is 22.8 Å². The van der Waals surface area contributed by atoms with Crippen molar-refractivity contribution in [3.63, 3.8) is 0 Å². The molecule has 0 aromatic rings. The first-order chi connectivity index (χ1) is 8.09. The zero-order chi connectivity index (χ0) is 14.3. The number of ether oxygens (including phenoxy) is 1.